The third-order valence-electron chi connectivity index (χ3n) is 3.89. The Kier molecular flexibility index (Phi) is 8.21. The minimum Gasteiger partial charge on any atom is -0.502 e. The van der Waals surface area contributed by atoms with Crippen molar-refractivity contribution in [2.24, 2.45) is 5.92 Å². The number of phenolic OH excluding ortho intramolecular Hbond substituents is 1. The fraction of sp³-hybridized carbons (Fsp3) is 0.619. The van der Waals surface area contributed by atoms with E-state index in [4.69, 9.17) is 9.47 Å². The molecule has 168 valence electrons. The predicted molar refractivity (Wildman–Crippen MR) is 111 cm³/mol. The van der Waals surface area contributed by atoms with Crippen LogP contribution in [0.1, 0.15) is 60.5 Å². The molecule has 9 heteroatoms. The van der Waals surface area contributed by atoms with Crippen LogP contribution in [0, 0.1) is 16.0 Å². The van der Waals surface area contributed by atoms with Crippen LogP contribution in [0.3, 0.4) is 0 Å². The van der Waals surface area contributed by atoms with Crippen molar-refractivity contribution in [3.05, 3.63) is 33.9 Å². The van der Waals surface area contributed by atoms with Gasteiger partial charge in [-0.2, -0.15) is 0 Å². The number of nitro benzene ring substituents is 1. The van der Waals surface area contributed by atoms with Gasteiger partial charge in [-0.25, -0.2) is 4.79 Å². The van der Waals surface area contributed by atoms with Gasteiger partial charge in [0.2, 0.25) is 0 Å². The first kappa shape index (κ1) is 25.2. The van der Waals surface area contributed by atoms with E-state index in [-0.39, 0.29) is 12.8 Å². The van der Waals surface area contributed by atoms with Crippen LogP contribution < -0.4 is 5.32 Å². The van der Waals surface area contributed by atoms with Gasteiger partial charge in [-0.05, 0) is 66.0 Å². The van der Waals surface area contributed by atoms with E-state index < -0.39 is 51.6 Å². The Morgan fingerprint density at radius 3 is 2.20 bits per heavy atom. The number of aromatic hydroxyl groups is 1. The zero-order valence-corrected chi connectivity index (χ0v) is 18.6. The Morgan fingerprint density at radius 1 is 1.13 bits per heavy atom. The number of carbonyl (C=O) groups excluding carboxylic acids is 2. The lowest BCUT2D eigenvalue weighted by molar-refractivity contribution is -0.385. The summed E-state index contributed by atoms with van der Waals surface area (Å²) < 4.78 is 10.7. The molecule has 0 saturated heterocycles. The first-order valence-electron chi connectivity index (χ1n) is 9.76. The topological polar surface area (TPSA) is 128 Å². The lowest BCUT2D eigenvalue weighted by Gasteiger charge is -2.27. The molecule has 2 N–H and O–H groups in total. The van der Waals surface area contributed by atoms with Gasteiger partial charge in [-0.1, -0.05) is 13.0 Å². The summed E-state index contributed by atoms with van der Waals surface area (Å²) in [5.41, 5.74) is -1.25. The number of rotatable bonds is 7. The highest BCUT2D eigenvalue weighted by Gasteiger charge is 2.27. The van der Waals surface area contributed by atoms with Crippen molar-refractivity contribution in [2.75, 3.05) is 0 Å². The van der Waals surface area contributed by atoms with E-state index >= 15 is 0 Å². The van der Waals surface area contributed by atoms with Crippen LogP contribution in [0.25, 0.3) is 0 Å². The smallest absolute Gasteiger partial charge is 0.407 e. The van der Waals surface area contributed by atoms with Gasteiger partial charge in [-0.15, -0.1) is 0 Å². The Morgan fingerprint density at radius 2 is 1.70 bits per heavy atom. The first-order valence-corrected chi connectivity index (χ1v) is 9.76. The summed E-state index contributed by atoms with van der Waals surface area (Å²) in [6.45, 7) is 12.2. The Bertz CT molecular complexity index is 779. The fourth-order valence-corrected chi connectivity index (χ4v) is 2.72. The number of alkyl carbamates (subject to hydrolysis) is 1. The van der Waals surface area contributed by atoms with Gasteiger partial charge in [-0.3, -0.25) is 14.9 Å². The molecule has 1 aromatic rings. The third-order valence-corrected chi connectivity index (χ3v) is 3.89. The minimum atomic E-state index is -0.706. The van der Waals surface area contributed by atoms with Crippen molar-refractivity contribution in [1.29, 1.82) is 0 Å². The highest BCUT2D eigenvalue weighted by atomic mass is 16.6. The summed E-state index contributed by atoms with van der Waals surface area (Å²) in [5, 5.41) is 23.5. The lowest BCUT2D eigenvalue weighted by Crippen LogP contribution is -2.42. The number of hydrogen-bond acceptors (Lipinski definition) is 7. The van der Waals surface area contributed by atoms with Crippen LogP contribution in [0.5, 0.6) is 5.75 Å². The van der Waals surface area contributed by atoms with Crippen molar-refractivity contribution < 1.29 is 29.1 Å². The van der Waals surface area contributed by atoms with E-state index in [1.54, 1.807) is 48.5 Å². The summed E-state index contributed by atoms with van der Waals surface area (Å²) in [6, 6.07) is 3.46. The van der Waals surface area contributed by atoms with Gasteiger partial charge in [0, 0.05) is 12.1 Å². The molecule has 0 aliphatic rings. The molecule has 0 spiro atoms. The average molecular weight is 424 g/mol. The monoisotopic (exact) mass is 424 g/mol. The molecule has 0 heterocycles. The van der Waals surface area contributed by atoms with Crippen LogP contribution in [0.15, 0.2) is 18.2 Å². The SMILES string of the molecule is C[C@@H](C[C@H](Cc1ccc(O)c([N+](=O)[O-])c1)NC(=O)OC(C)(C)C)C(=O)OC(C)(C)C. The molecule has 9 nitrogen and oxygen atoms in total. The van der Waals surface area contributed by atoms with Crippen molar-refractivity contribution in [3.8, 4) is 5.75 Å². The normalized spacial score (nSPS) is 13.8. The van der Waals surface area contributed by atoms with Crippen LogP contribution in [0.2, 0.25) is 0 Å². The molecule has 0 bridgehead atoms. The molecule has 2 atom stereocenters. The second kappa shape index (κ2) is 9.77. The number of benzene rings is 1. The number of hydrogen-bond donors (Lipinski definition) is 2. The van der Waals surface area contributed by atoms with Crippen molar-refractivity contribution in [3.63, 3.8) is 0 Å². The molecule has 0 unspecified atom stereocenters. The number of carbonyl (C=O) groups is 2. The summed E-state index contributed by atoms with van der Waals surface area (Å²) in [5.74, 6) is -1.38. The second-order valence-corrected chi connectivity index (χ2v) is 9.30. The van der Waals surface area contributed by atoms with Crippen LogP contribution >= 0.6 is 0 Å². The molecular formula is C21H32N2O7. The molecular weight excluding hydrogens is 392 g/mol. The summed E-state index contributed by atoms with van der Waals surface area (Å²) in [6.07, 6.45) is -0.215. The minimum absolute atomic E-state index is 0.202. The first-order chi connectivity index (χ1) is 13.6. The van der Waals surface area contributed by atoms with E-state index in [0.717, 1.165) is 0 Å². The van der Waals surface area contributed by atoms with Gasteiger partial charge >= 0.3 is 17.7 Å². The zero-order chi connectivity index (χ0) is 23.3. The molecule has 0 aliphatic carbocycles. The van der Waals surface area contributed by atoms with E-state index in [9.17, 15) is 24.8 Å². The third kappa shape index (κ3) is 9.11. The molecule has 0 aromatic heterocycles. The van der Waals surface area contributed by atoms with Crippen LogP contribution in [0.4, 0.5) is 10.5 Å². The number of nitrogens with one attached hydrogen (secondary N) is 1. The highest BCUT2D eigenvalue weighted by Crippen LogP contribution is 2.27. The van der Waals surface area contributed by atoms with E-state index in [1.165, 1.54) is 18.2 Å². The van der Waals surface area contributed by atoms with Crippen LogP contribution in [-0.4, -0.2) is 39.3 Å². The average Bonchev–Trinajstić information content (AvgIpc) is 2.52. The van der Waals surface area contributed by atoms with E-state index in [0.29, 0.717) is 5.56 Å². The second-order valence-electron chi connectivity index (χ2n) is 9.30. The fourth-order valence-electron chi connectivity index (χ4n) is 2.72. The molecule has 0 radical (unpaired) electrons. The van der Waals surface area contributed by atoms with Crippen molar-refractivity contribution >= 4 is 17.7 Å². The maximum absolute atomic E-state index is 12.4. The zero-order valence-electron chi connectivity index (χ0n) is 18.6. The van der Waals surface area contributed by atoms with Gasteiger partial charge < -0.3 is 19.9 Å². The molecule has 1 amide bonds. The molecule has 0 aliphatic heterocycles. The number of ether oxygens (including phenoxy) is 2. The van der Waals surface area contributed by atoms with Gasteiger partial charge in [0.15, 0.2) is 5.75 Å². The maximum atomic E-state index is 12.4. The van der Waals surface area contributed by atoms with E-state index in [2.05, 4.69) is 5.32 Å². The summed E-state index contributed by atoms with van der Waals surface area (Å²) >= 11 is 0. The summed E-state index contributed by atoms with van der Waals surface area (Å²) in [7, 11) is 0. The number of esters is 1. The van der Waals surface area contributed by atoms with Crippen molar-refractivity contribution in [1.82, 2.24) is 5.32 Å². The Balaban J connectivity index is 3.03. The standard InChI is InChI=1S/C21H32N2O7/c1-13(18(25)29-20(2,3)4)10-15(22-19(26)30-21(5,6)7)11-14-8-9-17(24)16(12-14)23(27)28/h8-9,12-13,15,24H,10-11H2,1-7H3,(H,22,26)/t13-,15+/m0/s1. The number of phenols is 1. The number of nitrogens with zero attached hydrogens (tertiary/aromatic N) is 1. The predicted octanol–water partition coefficient (Wildman–Crippen LogP) is 4.10. The quantitative estimate of drug-likeness (QED) is 0.383. The highest BCUT2D eigenvalue weighted by molar-refractivity contribution is 5.73. The van der Waals surface area contributed by atoms with Crippen LogP contribution in [-0.2, 0) is 20.7 Å². The maximum Gasteiger partial charge on any atom is 0.407 e. The Hall–Kier alpha value is -2.84. The molecule has 0 saturated carbocycles. The Labute approximate surface area is 176 Å². The lowest BCUT2D eigenvalue weighted by atomic mass is 9.95. The largest absolute Gasteiger partial charge is 0.502 e. The number of nitro groups is 1. The van der Waals surface area contributed by atoms with Gasteiger partial charge in [0.1, 0.15) is 11.2 Å². The number of amides is 1. The molecule has 1 aromatic carbocycles. The molecule has 1 rings (SSSR count). The summed E-state index contributed by atoms with van der Waals surface area (Å²) in [4.78, 5) is 35.0. The molecule has 30 heavy (non-hydrogen) atoms. The van der Waals surface area contributed by atoms with E-state index in [1.807, 2.05) is 0 Å². The van der Waals surface area contributed by atoms with Gasteiger partial charge in [0.05, 0.1) is 10.8 Å². The van der Waals surface area contributed by atoms with Gasteiger partial charge in [0.25, 0.3) is 0 Å². The van der Waals surface area contributed by atoms with Crippen molar-refractivity contribution in [2.45, 2.75) is 78.6 Å². The molecule has 0 fully saturated rings.